The van der Waals surface area contributed by atoms with Gasteiger partial charge in [0.2, 0.25) is 0 Å². The molecule has 2 heterocycles. The highest BCUT2D eigenvalue weighted by Gasteiger charge is 2.05. The Bertz CT molecular complexity index is 388. The molecule has 0 amide bonds. The van der Waals surface area contributed by atoms with Crippen molar-refractivity contribution in [3.8, 4) is 0 Å². The van der Waals surface area contributed by atoms with Crippen molar-refractivity contribution in [1.29, 1.82) is 0 Å². The topological polar surface area (TPSA) is 28.7 Å². The van der Waals surface area contributed by atoms with Gasteiger partial charge in [-0.3, -0.25) is 4.98 Å². The molecule has 0 bridgehead atoms. The van der Waals surface area contributed by atoms with E-state index >= 15 is 0 Å². The summed E-state index contributed by atoms with van der Waals surface area (Å²) < 4.78 is 0. The van der Waals surface area contributed by atoms with E-state index in [1.54, 1.807) is 0 Å². The Labute approximate surface area is 85.4 Å². The SMILES string of the molecule is CC.CC(C)c1c[nH]c2ccncc12. The van der Waals surface area contributed by atoms with E-state index in [2.05, 4.69) is 30.0 Å². The van der Waals surface area contributed by atoms with Crippen LogP contribution in [0.15, 0.2) is 24.7 Å². The minimum absolute atomic E-state index is 0.558. The number of nitrogens with zero attached hydrogens (tertiary/aromatic N) is 1. The third-order valence-corrected chi connectivity index (χ3v) is 2.14. The van der Waals surface area contributed by atoms with Crippen LogP contribution in [-0.4, -0.2) is 9.97 Å². The number of rotatable bonds is 1. The zero-order valence-electron chi connectivity index (χ0n) is 9.33. The van der Waals surface area contributed by atoms with Crippen molar-refractivity contribution >= 4 is 10.9 Å². The highest BCUT2D eigenvalue weighted by molar-refractivity contribution is 5.82. The molecule has 0 aromatic carbocycles. The molecule has 1 N–H and O–H groups in total. The Morgan fingerprint density at radius 3 is 2.64 bits per heavy atom. The smallest absolute Gasteiger partial charge is 0.0487 e. The molecule has 14 heavy (non-hydrogen) atoms. The molecule has 0 aliphatic heterocycles. The summed E-state index contributed by atoms with van der Waals surface area (Å²) in [5.74, 6) is 0.558. The fourth-order valence-corrected chi connectivity index (χ4v) is 1.46. The van der Waals surface area contributed by atoms with Crippen molar-refractivity contribution in [3.63, 3.8) is 0 Å². The van der Waals surface area contributed by atoms with Crippen molar-refractivity contribution in [3.05, 3.63) is 30.2 Å². The van der Waals surface area contributed by atoms with E-state index in [9.17, 15) is 0 Å². The molecule has 2 rings (SSSR count). The lowest BCUT2D eigenvalue weighted by Gasteiger charge is -2.00. The molecule has 0 saturated heterocycles. The quantitative estimate of drug-likeness (QED) is 0.729. The Kier molecular flexibility index (Phi) is 3.69. The fraction of sp³-hybridized carbons (Fsp3) is 0.417. The van der Waals surface area contributed by atoms with Gasteiger partial charge in [0, 0.05) is 29.5 Å². The minimum Gasteiger partial charge on any atom is -0.361 e. The van der Waals surface area contributed by atoms with Crippen LogP contribution in [0.1, 0.15) is 39.2 Å². The Balaban J connectivity index is 0.000000461. The second-order valence-corrected chi connectivity index (χ2v) is 3.32. The summed E-state index contributed by atoms with van der Waals surface area (Å²) in [4.78, 5) is 7.34. The van der Waals surface area contributed by atoms with Crippen molar-refractivity contribution in [2.24, 2.45) is 0 Å². The van der Waals surface area contributed by atoms with Gasteiger partial charge in [-0.05, 0) is 17.5 Å². The van der Waals surface area contributed by atoms with Gasteiger partial charge in [0.05, 0.1) is 0 Å². The van der Waals surface area contributed by atoms with E-state index in [1.165, 1.54) is 16.5 Å². The second kappa shape index (κ2) is 4.80. The van der Waals surface area contributed by atoms with Crippen LogP contribution in [0.4, 0.5) is 0 Å². The van der Waals surface area contributed by atoms with Gasteiger partial charge in [-0.25, -0.2) is 0 Å². The zero-order chi connectivity index (χ0) is 10.6. The molecule has 76 valence electrons. The molecule has 0 aliphatic rings. The van der Waals surface area contributed by atoms with Gasteiger partial charge >= 0.3 is 0 Å². The van der Waals surface area contributed by atoms with E-state index in [1.807, 2.05) is 32.3 Å². The maximum Gasteiger partial charge on any atom is 0.0487 e. The lowest BCUT2D eigenvalue weighted by Crippen LogP contribution is -1.83. The molecule has 0 aliphatic carbocycles. The molecular weight excluding hydrogens is 172 g/mol. The molecular formula is C12H18N2. The predicted octanol–water partition coefficient (Wildman–Crippen LogP) is 3.71. The predicted molar refractivity (Wildman–Crippen MR) is 61.5 cm³/mol. The van der Waals surface area contributed by atoms with Gasteiger partial charge in [0.15, 0.2) is 0 Å². The van der Waals surface area contributed by atoms with Crippen LogP contribution in [0, 0.1) is 0 Å². The molecule has 0 unspecified atom stereocenters. The van der Waals surface area contributed by atoms with Crippen molar-refractivity contribution in [1.82, 2.24) is 9.97 Å². The van der Waals surface area contributed by atoms with Gasteiger partial charge in [0.1, 0.15) is 0 Å². The maximum atomic E-state index is 4.11. The van der Waals surface area contributed by atoms with Crippen molar-refractivity contribution < 1.29 is 0 Å². The molecule has 2 nitrogen and oxygen atoms in total. The number of fused-ring (bicyclic) bond motifs is 1. The van der Waals surface area contributed by atoms with Gasteiger partial charge in [-0.1, -0.05) is 27.7 Å². The van der Waals surface area contributed by atoms with Gasteiger partial charge in [-0.15, -0.1) is 0 Å². The largest absolute Gasteiger partial charge is 0.361 e. The number of aromatic nitrogens is 2. The summed E-state index contributed by atoms with van der Waals surface area (Å²) in [5.41, 5.74) is 2.52. The van der Waals surface area contributed by atoms with E-state index in [4.69, 9.17) is 0 Å². The normalized spacial score (nSPS) is 10.1. The summed E-state index contributed by atoms with van der Waals surface area (Å²) in [5, 5.41) is 1.24. The number of hydrogen-bond acceptors (Lipinski definition) is 1. The molecule has 2 aromatic heterocycles. The van der Waals surface area contributed by atoms with Crippen LogP contribution in [0.25, 0.3) is 10.9 Å². The van der Waals surface area contributed by atoms with Crippen LogP contribution in [0.5, 0.6) is 0 Å². The Hall–Kier alpha value is -1.31. The summed E-state index contributed by atoms with van der Waals surface area (Å²) in [7, 11) is 0. The average Bonchev–Trinajstić information content (AvgIpc) is 2.64. The van der Waals surface area contributed by atoms with E-state index in [0.29, 0.717) is 5.92 Å². The first-order valence-corrected chi connectivity index (χ1v) is 5.20. The monoisotopic (exact) mass is 190 g/mol. The second-order valence-electron chi connectivity index (χ2n) is 3.32. The van der Waals surface area contributed by atoms with Crippen LogP contribution >= 0.6 is 0 Å². The summed E-state index contributed by atoms with van der Waals surface area (Å²) >= 11 is 0. The highest BCUT2D eigenvalue weighted by Crippen LogP contribution is 2.23. The average molecular weight is 190 g/mol. The fourth-order valence-electron chi connectivity index (χ4n) is 1.46. The van der Waals surface area contributed by atoms with Crippen LogP contribution in [-0.2, 0) is 0 Å². The number of H-pyrrole nitrogens is 1. The van der Waals surface area contributed by atoms with Crippen molar-refractivity contribution in [2.45, 2.75) is 33.6 Å². The summed E-state index contributed by atoms with van der Waals surface area (Å²) in [6.07, 6.45) is 5.79. The number of hydrogen-bond donors (Lipinski definition) is 1. The number of aromatic amines is 1. The standard InChI is InChI=1S/C10H12N2.C2H6/c1-7(2)8-6-12-10-3-4-11-5-9(8)10;1-2/h3-7,12H,1-2H3;1-2H3. The maximum absolute atomic E-state index is 4.11. The van der Waals surface area contributed by atoms with E-state index < -0.39 is 0 Å². The highest BCUT2D eigenvalue weighted by atomic mass is 14.7. The lowest BCUT2D eigenvalue weighted by atomic mass is 10.0. The third-order valence-electron chi connectivity index (χ3n) is 2.14. The van der Waals surface area contributed by atoms with Gasteiger partial charge in [0.25, 0.3) is 0 Å². The summed E-state index contributed by atoms with van der Waals surface area (Å²) in [6.45, 7) is 8.38. The Morgan fingerprint density at radius 2 is 2.00 bits per heavy atom. The van der Waals surface area contributed by atoms with E-state index in [-0.39, 0.29) is 0 Å². The number of nitrogens with one attached hydrogen (secondary N) is 1. The van der Waals surface area contributed by atoms with Gasteiger partial charge < -0.3 is 4.98 Å². The van der Waals surface area contributed by atoms with Crippen LogP contribution in [0.2, 0.25) is 0 Å². The molecule has 0 radical (unpaired) electrons. The molecule has 0 atom stereocenters. The minimum atomic E-state index is 0.558. The zero-order valence-corrected chi connectivity index (χ0v) is 9.33. The third kappa shape index (κ3) is 1.95. The van der Waals surface area contributed by atoms with Crippen LogP contribution in [0.3, 0.4) is 0 Å². The first kappa shape index (κ1) is 10.8. The molecule has 0 spiro atoms. The molecule has 0 fully saturated rings. The Morgan fingerprint density at radius 1 is 1.29 bits per heavy atom. The van der Waals surface area contributed by atoms with Gasteiger partial charge in [-0.2, -0.15) is 0 Å². The molecule has 2 heteroatoms. The first-order chi connectivity index (χ1) is 6.79. The number of pyridine rings is 1. The lowest BCUT2D eigenvalue weighted by molar-refractivity contribution is 0.875. The van der Waals surface area contributed by atoms with Crippen LogP contribution < -0.4 is 0 Å². The molecule has 2 aromatic rings. The first-order valence-electron chi connectivity index (χ1n) is 5.20. The van der Waals surface area contributed by atoms with E-state index in [0.717, 1.165) is 0 Å². The van der Waals surface area contributed by atoms with Crippen molar-refractivity contribution in [2.75, 3.05) is 0 Å². The summed E-state index contributed by atoms with van der Waals surface area (Å²) in [6, 6.07) is 2.00. The molecule has 0 saturated carbocycles.